The van der Waals surface area contributed by atoms with Gasteiger partial charge in [0.05, 0.1) is 72.0 Å². The van der Waals surface area contributed by atoms with Crippen LogP contribution in [-0.2, 0) is 38.1 Å². The van der Waals surface area contributed by atoms with Crippen molar-refractivity contribution in [2.45, 2.75) is 19.3 Å². The molecule has 248 valence electrons. The summed E-state index contributed by atoms with van der Waals surface area (Å²) in [7, 11) is 0. The van der Waals surface area contributed by atoms with Crippen LogP contribution in [-0.4, -0.2) is 115 Å². The number of ether oxygens (including phenoxy) is 5. The summed E-state index contributed by atoms with van der Waals surface area (Å²) in [5.74, 6) is -0.572. The monoisotopic (exact) mass is 632 g/mol. The van der Waals surface area contributed by atoms with Crippen LogP contribution in [0, 0.1) is 34.9 Å². The molecule has 1 heterocycles. The van der Waals surface area contributed by atoms with Crippen LogP contribution in [0.4, 0.5) is 4.39 Å². The van der Waals surface area contributed by atoms with E-state index in [0.717, 1.165) is 12.8 Å². The van der Waals surface area contributed by atoms with E-state index in [0.29, 0.717) is 110 Å². The number of nitriles is 1. The summed E-state index contributed by atoms with van der Waals surface area (Å²) < 4.78 is 40.4. The molecule has 2 unspecified atom stereocenters. The molecule has 12 nitrogen and oxygen atoms in total. The first kappa shape index (κ1) is 36.1. The molecule has 1 aliphatic carbocycles. The van der Waals surface area contributed by atoms with Crippen LogP contribution in [0.15, 0.2) is 29.8 Å². The number of amides is 3. The second-order valence-electron chi connectivity index (χ2n) is 10.9. The fourth-order valence-corrected chi connectivity index (χ4v) is 5.00. The third-order valence-electron chi connectivity index (χ3n) is 7.47. The van der Waals surface area contributed by atoms with Gasteiger partial charge in [0.1, 0.15) is 17.5 Å². The molecule has 0 radical (unpaired) electrons. The van der Waals surface area contributed by atoms with Crippen molar-refractivity contribution in [1.82, 2.24) is 15.5 Å². The molecule has 2 atom stereocenters. The van der Waals surface area contributed by atoms with Gasteiger partial charge in [-0.15, -0.1) is 0 Å². The Balaban J connectivity index is 1.24. The molecule has 2 fully saturated rings. The van der Waals surface area contributed by atoms with Crippen LogP contribution in [0.1, 0.15) is 24.8 Å². The maximum Gasteiger partial charge on any atom is 0.264 e. The van der Waals surface area contributed by atoms with Crippen molar-refractivity contribution in [2.75, 3.05) is 92.2 Å². The second kappa shape index (κ2) is 21.3. The quantitative estimate of drug-likeness (QED) is 0.0794. The lowest BCUT2D eigenvalue weighted by Gasteiger charge is -2.37. The predicted molar refractivity (Wildman–Crippen MR) is 162 cm³/mol. The van der Waals surface area contributed by atoms with E-state index >= 15 is 0 Å². The Hall–Kier alpha value is -3.41. The number of nitrogens with zero attached hydrogens (tertiary/aromatic N) is 2. The third-order valence-corrected chi connectivity index (χ3v) is 7.47. The van der Waals surface area contributed by atoms with E-state index in [1.807, 2.05) is 6.07 Å². The predicted octanol–water partition coefficient (Wildman–Crippen LogP) is 1.55. The number of piperidine rings is 1. The highest BCUT2D eigenvalue weighted by Gasteiger charge is 2.41. The summed E-state index contributed by atoms with van der Waals surface area (Å²) in [5, 5.41) is 15.1. The van der Waals surface area contributed by atoms with Gasteiger partial charge in [-0.05, 0) is 54.9 Å². The standard InChI is InChI=1S/C32H45FN4O8/c33-30-5-1-25(2-6-30)19-27(21-34)32(40)37-22-28(26-3-4-26)20-29(23-37)31(39)36-8-10-42-12-14-44-16-18-45-17-15-43-13-11-41-9-7-35-24-38/h1-2,5-6,19,24,26,28-29H,3-4,7-18,20,22-23H2,(H,35,38)(H,36,39)/b27-19+. The van der Waals surface area contributed by atoms with Crippen LogP contribution in [0.2, 0.25) is 0 Å². The summed E-state index contributed by atoms with van der Waals surface area (Å²) >= 11 is 0. The van der Waals surface area contributed by atoms with E-state index in [1.54, 1.807) is 4.90 Å². The Morgan fingerprint density at radius 1 is 0.844 bits per heavy atom. The Morgan fingerprint density at radius 2 is 1.40 bits per heavy atom. The third kappa shape index (κ3) is 14.5. The molecule has 3 amide bonds. The van der Waals surface area contributed by atoms with E-state index in [9.17, 15) is 24.0 Å². The summed E-state index contributed by atoms with van der Waals surface area (Å²) in [6.07, 6.45) is 4.98. The fraction of sp³-hybridized carbons (Fsp3) is 0.625. The van der Waals surface area contributed by atoms with E-state index in [4.69, 9.17) is 23.7 Å². The van der Waals surface area contributed by atoms with Gasteiger partial charge in [0.25, 0.3) is 5.91 Å². The van der Waals surface area contributed by atoms with Gasteiger partial charge in [0, 0.05) is 26.2 Å². The van der Waals surface area contributed by atoms with Crippen LogP contribution < -0.4 is 10.6 Å². The number of rotatable bonds is 23. The second-order valence-corrected chi connectivity index (χ2v) is 10.9. The first-order valence-electron chi connectivity index (χ1n) is 15.5. The van der Waals surface area contributed by atoms with Crippen molar-refractivity contribution < 1.29 is 42.5 Å². The van der Waals surface area contributed by atoms with E-state index in [2.05, 4.69) is 10.6 Å². The maximum atomic E-state index is 13.3. The minimum Gasteiger partial charge on any atom is -0.377 e. The number of carbonyl (C=O) groups is 3. The molecule has 1 saturated carbocycles. The van der Waals surface area contributed by atoms with Gasteiger partial charge in [-0.3, -0.25) is 14.4 Å². The molecule has 2 aliphatic rings. The van der Waals surface area contributed by atoms with Crippen LogP contribution >= 0.6 is 0 Å². The van der Waals surface area contributed by atoms with Gasteiger partial charge in [-0.25, -0.2) is 4.39 Å². The Labute approximate surface area is 264 Å². The molecular formula is C32H45FN4O8. The van der Waals surface area contributed by atoms with Gasteiger partial charge in [0.15, 0.2) is 0 Å². The van der Waals surface area contributed by atoms with Crippen LogP contribution in [0.3, 0.4) is 0 Å². The molecular weight excluding hydrogens is 587 g/mol. The number of hydrogen-bond donors (Lipinski definition) is 2. The molecule has 3 rings (SSSR count). The van der Waals surface area contributed by atoms with Crippen molar-refractivity contribution in [2.24, 2.45) is 17.8 Å². The zero-order valence-corrected chi connectivity index (χ0v) is 25.8. The number of likely N-dealkylation sites (tertiary alicyclic amines) is 1. The topological polar surface area (TPSA) is 148 Å². The van der Waals surface area contributed by atoms with E-state index in [1.165, 1.54) is 30.3 Å². The van der Waals surface area contributed by atoms with Gasteiger partial charge >= 0.3 is 0 Å². The Kier molecular flexibility index (Phi) is 17.1. The highest BCUT2D eigenvalue weighted by atomic mass is 19.1. The smallest absolute Gasteiger partial charge is 0.264 e. The highest BCUT2D eigenvalue weighted by molar-refractivity contribution is 6.02. The molecule has 45 heavy (non-hydrogen) atoms. The number of hydrogen-bond acceptors (Lipinski definition) is 9. The minimum atomic E-state index is -0.407. The zero-order valence-electron chi connectivity index (χ0n) is 25.8. The van der Waals surface area contributed by atoms with E-state index < -0.39 is 11.7 Å². The lowest BCUT2D eigenvalue weighted by Crippen LogP contribution is -2.49. The lowest BCUT2D eigenvalue weighted by atomic mass is 9.85. The van der Waals surface area contributed by atoms with E-state index in [-0.39, 0.29) is 29.9 Å². The Bertz CT molecular complexity index is 1110. The average molecular weight is 633 g/mol. The average Bonchev–Trinajstić information content (AvgIpc) is 3.91. The van der Waals surface area contributed by atoms with Gasteiger partial charge < -0.3 is 39.2 Å². The van der Waals surface area contributed by atoms with Crippen molar-refractivity contribution in [3.05, 3.63) is 41.2 Å². The number of halogens is 1. The number of benzene rings is 1. The summed E-state index contributed by atoms with van der Waals surface area (Å²) in [6, 6.07) is 7.57. The molecule has 0 aromatic heterocycles. The van der Waals surface area contributed by atoms with Crippen molar-refractivity contribution >= 4 is 24.3 Å². The summed E-state index contributed by atoms with van der Waals surface area (Å²) in [4.78, 5) is 38.0. The first-order chi connectivity index (χ1) is 22.0. The van der Waals surface area contributed by atoms with Crippen molar-refractivity contribution in [3.63, 3.8) is 0 Å². The van der Waals surface area contributed by atoms with Crippen molar-refractivity contribution in [3.8, 4) is 6.07 Å². The number of carbonyl (C=O) groups excluding carboxylic acids is 3. The van der Waals surface area contributed by atoms with Gasteiger partial charge in [0.2, 0.25) is 12.3 Å². The molecule has 1 aromatic carbocycles. The van der Waals surface area contributed by atoms with Crippen molar-refractivity contribution in [1.29, 1.82) is 5.26 Å². The zero-order chi connectivity index (χ0) is 32.1. The maximum absolute atomic E-state index is 13.3. The molecule has 1 aliphatic heterocycles. The summed E-state index contributed by atoms with van der Waals surface area (Å²) in [5.41, 5.74) is 0.528. The summed E-state index contributed by atoms with van der Waals surface area (Å²) in [6.45, 7) is 5.85. The fourth-order valence-electron chi connectivity index (χ4n) is 5.00. The molecule has 0 spiro atoms. The Morgan fingerprint density at radius 3 is 1.93 bits per heavy atom. The number of nitrogens with one attached hydrogen (secondary N) is 2. The lowest BCUT2D eigenvalue weighted by molar-refractivity contribution is -0.134. The molecule has 1 saturated heterocycles. The van der Waals surface area contributed by atoms with Gasteiger partial charge in [-0.2, -0.15) is 5.26 Å². The largest absolute Gasteiger partial charge is 0.377 e. The normalized spacial score (nSPS) is 18.3. The van der Waals surface area contributed by atoms with Gasteiger partial charge in [-0.1, -0.05) is 12.1 Å². The highest BCUT2D eigenvalue weighted by Crippen LogP contribution is 2.42. The van der Waals surface area contributed by atoms with Crippen LogP contribution in [0.5, 0.6) is 0 Å². The molecule has 1 aromatic rings. The molecule has 0 bridgehead atoms. The molecule has 13 heteroatoms. The SMILES string of the molecule is N#C/C(=C\c1ccc(F)cc1)C(=O)N1CC(C(=O)NCCOCCOCCOCCOCCOCCNC=O)CC(C2CC2)C1. The first-order valence-corrected chi connectivity index (χ1v) is 15.5. The van der Waals surface area contributed by atoms with Crippen LogP contribution in [0.25, 0.3) is 6.08 Å². The minimum absolute atomic E-state index is 0.0344. The molecule has 2 N–H and O–H groups in total.